The predicted octanol–water partition coefficient (Wildman–Crippen LogP) is 8.06. The average Bonchev–Trinajstić information content (AvgIpc) is 3.49. The summed E-state index contributed by atoms with van der Waals surface area (Å²) in [5.74, 6) is 2.41. The van der Waals surface area contributed by atoms with E-state index < -0.39 is 0 Å². The molecule has 0 N–H and O–H groups in total. The van der Waals surface area contributed by atoms with E-state index in [1.165, 1.54) is 4.68 Å². The van der Waals surface area contributed by atoms with Gasteiger partial charge in [-0.2, -0.15) is 9.78 Å². The van der Waals surface area contributed by atoms with Crippen molar-refractivity contribution in [3.05, 3.63) is 130 Å². The van der Waals surface area contributed by atoms with Gasteiger partial charge in [0.2, 0.25) is 5.82 Å². The zero-order valence-corrected chi connectivity index (χ0v) is 25.6. The minimum atomic E-state index is -0.338. The van der Waals surface area contributed by atoms with E-state index in [1.54, 1.807) is 43.7 Å². The largest absolute Gasteiger partial charge is 0.496 e. The first-order valence-electron chi connectivity index (χ1n) is 14.4. The molecule has 0 aliphatic heterocycles. The molecule has 6 aromatic rings. The third-order valence-electron chi connectivity index (χ3n) is 7.19. The van der Waals surface area contributed by atoms with E-state index in [-0.39, 0.29) is 18.0 Å². The fourth-order valence-corrected chi connectivity index (χ4v) is 5.28. The number of hydrogen-bond donors (Lipinski definition) is 0. The summed E-state index contributed by atoms with van der Waals surface area (Å²) in [5.41, 5.74) is 3.19. The number of fused-ring (bicyclic) bond motifs is 2. The number of rotatable bonds is 11. The van der Waals surface area contributed by atoms with Crippen LogP contribution >= 0.6 is 11.6 Å². The Kier molecular flexibility index (Phi) is 8.66. The summed E-state index contributed by atoms with van der Waals surface area (Å²) >= 11 is 6.37. The summed E-state index contributed by atoms with van der Waals surface area (Å²) in [7, 11) is 1.60. The second-order valence-corrected chi connectivity index (χ2v) is 10.5. The van der Waals surface area contributed by atoms with Gasteiger partial charge in [-0.15, -0.1) is 6.58 Å². The Morgan fingerprint density at radius 2 is 1.78 bits per heavy atom. The minimum absolute atomic E-state index is 0.254. The summed E-state index contributed by atoms with van der Waals surface area (Å²) < 4.78 is 25.2. The summed E-state index contributed by atoms with van der Waals surface area (Å²) in [6.07, 6.45) is 3.90. The minimum Gasteiger partial charge on any atom is -0.496 e. The molecule has 9 heteroatoms. The molecular formula is C36H30ClN3O5. The number of nitrogens with zero attached hydrogens (tertiary/aromatic N) is 3. The number of benzene rings is 4. The molecule has 0 amide bonds. The van der Waals surface area contributed by atoms with E-state index in [1.807, 2.05) is 67.6 Å². The highest BCUT2D eigenvalue weighted by Crippen LogP contribution is 2.35. The van der Waals surface area contributed by atoms with Crippen LogP contribution in [0.15, 0.2) is 112 Å². The number of ether oxygens (including phenoxy) is 3. The lowest BCUT2D eigenvalue weighted by Gasteiger charge is -2.17. The van der Waals surface area contributed by atoms with Gasteiger partial charge in [-0.1, -0.05) is 54.1 Å². The van der Waals surface area contributed by atoms with E-state index in [9.17, 15) is 4.79 Å². The van der Waals surface area contributed by atoms with Crippen LogP contribution in [-0.4, -0.2) is 29.6 Å². The van der Waals surface area contributed by atoms with Crippen molar-refractivity contribution in [1.29, 1.82) is 0 Å². The van der Waals surface area contributed by atoms with Gasteiger partial charge in [0.25, 0.3) is 5.56 Å². The normalized spacial score (nSPS) is 11.4. The number of halogens is 1. The van der Waals surface area contributed by atoms with Crippen molar-refractivity contribution in [1.82, 2.24) is 9.66 Å². The molecule has 2 aromatic heterocycles. The first-order chi connectivity index (χ1) is 22.0. The van der Waals surface area contributed by atoms with Gasteiger partial charge in [-0.05, 0) is 67.4 Å². The van der Waals surface area contributed by atoms with Crippen molar-refractivity contribution in [2.75, 3.05) is 13.7 Å². The summed E-state index contributed by atoms with van der Waals surface area (Å²) in [6, 6.07) is 25.8. The summed E-state index contributed by atoms with van der Waals surface area (Å²) in [6.45, 7) is 6.51. The molecule has 0 fully saturated rings. The highest BCUT2D eigenvalue weighted by atomic mass is 35.5. The Morgan fingerprint density at radius 3 is 2.58 bits per heavy atom. The highest BCUT2D eigenvalue weighted by molar-refractivity contribution is 6.31. The molecule has 0 bridgehead atoms. The van der Waals surface area contributed by atoms with Gasteiger partial charge in [-0.3, -0.25) is 4.79 Å². The van der Waals surface area contributed by atoms with Crippen molar-refractivity contribution < 1.29 is 18.6 Å². The average molecular weight is 620 g/mol. The smallest absolute Gasteiger partial charge is 0.282 e. The maximum Gasteiger partial charge on any atom is 0.282 e. The number of furan rings is 1. The van der Waals surface area contributed by atoms with Crippen molar-refractivity contribution in [2.24, 2.45) is 5.10 Å². The van der Waals surface area contributed by atoms with Crippen LogP contribution in [-0.2, 0) is 13.0 Å². The first-order valence-corrected chi connectivity index (χ1v) is 14.8. The van der Waals surface area contributed by atoms with Gasteiger partial charge in [0.1, 0.15) is 17.9 Å². The maximum atomic E-state index is 13.8. The van der Waals surface area contributed by atoms with Gasteiger partial charge >= 0.3 is 0 Å². The number of aromatic nitrogens is 2. The second-order valence-electron chi connectivity index (χ2n) is 10.1. The van der Waals surface area contributed by atoms with Gasteiger partial charge in [0.05, 0.1) is 36.2 Å². The quantitative estimate of drug-likeness (QED) is 0.108. The third-order valence-corrected chi connectivity index (χ3v) is 7.55. The first kappa shape index (κ1) is 29.7. The van der Waals surface area contributed by atoms with Crippen LogP contribution in [0.5, 0.6) is 17.2 Å². The topological polar surface area (TPSA) is 88.1 Å². The van der Waals surface area contributed by atoms with Crippen LogP contribution in [0.1, 0.15) is 23.6 Å². The molecular weight excluding hydrogens is 590 g/mol. The maximum absolute atomic E-state index is 13.8. The van der Waals surface area contributed by atoms with E-state index in [2.05, 4.69) is 11.7 Å². The second kappa shape index (κ2) is 13.1. The molecule has 226 valence electrons. The Labute approximate surface area is 264 Å². The lowest BCUT2D eigenvalue weighted by atomic mass is 10.1. The molecule has 0 saturated heterocycles. The fourth-order valence-electron chi connectivity index (χ4n) is 5.09. The van der Waals surface area contributed by atoms with Gasteiger partial charge in [0.15, 0.2) is 17.3 Å². The lowest BCUT2D eigenvalue weighted by molar-refractivity contribution is 0.267. The number of allylic oxidation sites excluding steroid dienone is 1. The van der Waals surface area contributed by atoms with E-state index in [0.29, 0.717) is 63.1 Å². The molecule has 0 spiro atoms. The predicted molar refractivity (Wildman–Crippen MR) is 178 cm³/mol. The molecule has 2 heterocycles. The lowest BCUT2D eigenvalue weighted by Crippen LogP contribution is -2.20. The van der Waals surface area contributed by atoms with Crippen LogP contribution < -0.4 is 19.8 Å². The van der Waals surface area contributed by atoms with Crippen LogP contribution in [0.25, 0.3) is 33.5 Å². The molecule has 0 aliphatic rings. The third kappa shape index (κ3) is 6.05. The Morgan fingerprint density at radius 1 is 0.956 bits per heavy atom. The Balaban J connectivity index is 1.45. The number of methoxy groups -OCH3 is 1. The van der Waals surface area contributed by atoms with Crippen molar-refractivity contribution in [2.45, 2.75) is 20.0 Å². The van der Waals surface area contributed by atoms with Crippen molar-refractivity contribution in [3.63, 3.8) is 0 Å². The number of hydrogen-bond acceptors (Lipinski definition) is 7. The Bertz CT molecular complexity index is 2110. The summed E-state index contributed by atoms with van der Waals surface area (Å²) in [5, 5.41) is 6.45. The molecule has 0 atom stereocenters. The molecule has 0 unspecified atom stereocenters. The fraction of sp³-hybridized carbons (Fsp3) is 0.139. The van der Waals surface area contributed by atoms with Gasteiger partial charge < -0.3 is 18.6 Å². The zero-order chi connectivity index (χ0) is 31.3. The molecule has 6 rings (SSSR count). The molecule has 0 aliphatic carbocycles. The van der Waals surface area contributed by atoms with Gasteiger partial charge in [0, 0.05) is 16.1 Å². The zero-order valence-electron chi connectivity index (χ0n) is 24.8. The number of para-hydroxylation sites is 1. The van der Waals surface area contributed by atoms with Gasteiger partial charge in [-0.25, -0.2) is 4.98 Å². The molecule has 45 heavy (non-hydrogen) atoms. The highest BCUT2D eigenvalue weighted by Gasteiger charge is 2.19. The standard InChI is InChI=1S/C36H30ClN3O5/c1-4-11-24-18-23(19-32(43-5-2)34(24)44-22-25-12-6-8-14-28(25)37)21-38-40-35(39-29-15-9-7-13-26(29)36(40)41)33-20-27-30(42-3)16-10-17-31(27)45-33/h4,6-10,12-21H,1,5,11,22H2,2-3H3. The monoisotopic (exact) mass is 619 g/mol. The summed E-state index contributed by atoms with van der Waals surface area (Å²) in [4.78, 5) is 18.6. The molecule has 0 saturated carbocycles. The van der Waals surface area contributed by atoms with Crippen molar-refractivity contribution >= 4 is 39.7 Å². The van der Waals surface area contributed by atoms with E-state index in [0.717, 1.165) is 16.5 Å². The van der Waals surface area contributed by atoms with Crippen molar-refractivity contribution in [3.8, 4) is 28.8 Å². The molecule has 8 nitrogen and oxygen atoms in total. The molecule has 0 radical (unpaired) electrons. The SMILES string of the molecule is C=CCc1cc(C=Nn2c(-c3cc4c(OC)cccc4o3)nc3ccccc3c2=O)cc(OCC)c1OCc1ccccc1Cl. The van der Waals surface area contributed by atoms with Crippen LogP contribution in [0.3, 0.4) is 0 Å². The Hall–Kier alpha value is -5.34. The van der Waals surface area contributed by atoms with E-state index >= 15 is 0 Å². The van der Waals surface area contributed by atoms with Crippen LogP contribution in [0.2, 0.25) is 5.02 Å². The van der Waals surface area contributed by atoms with Crippen LogP contribution in [0.4, 0.5) is 0 Å². The van der Waals surface area contributed by atoms with Crippen LogP contribution in [0, 0.1) is 0 Å². The molecule has 4 aromatic carbocycles. The van der Waals surface area contributed by atoms with E-state index in [4.69, 9.17) is 35.2 Å².